The van der Waals surface area contributed by atoms with Crippen LogP contribution in [0, 0.1) is 17.0 Å². The number of carbonyl (C=O) groups excluding carboxylic acids is 1. The van der Waals surface area contributed by atoms with E-state index >= 15 is 0 Å². The van der Waals surface area contributed by atoms with Crippen LogP contribution in [0.4, 0.5) is 11.4 Å². The highest BCUT2D eigenvalue weighted by atomic mass is 16.6. The molecule has 0 aliphatic rings. The zero-order valence-corrected chi connectivity index (χ0v) is 13.8. The number of carbonyl (C=O) groups is 1. The van der Waals surface area contributed by atoms with Crippen molar-refractivity contribution in [2.24, 2.45) is 5.73 Å². The van der Waals surface area contributed by atoms with Crippen molar-refractivity contribution in [1.82, 2.24) is 0 Å². The molecule has 0 aliphatic carbocycles. The molecular formula is C18H15N3O5. The van der Waals surface area contributed by atoms with Crippen LogP contribution in [0.25, 0.3) is 11.0 Å². The van der Waals surface area contributed by atoms with Crippen molar-refractivity contribution in [2.45, 2.75) is 13.5 Å². The van der Waals surface area contributed by atoms with E-state index < -0.39 is 16.5 Å². The number of fused-ring (bicyclic) bond motifs is 1. The minimum atomic E-state index is -0.729. The van der Waals surface area contributed by atoms with Crippen molar-refractivity contribution >= 4 is 28.3 Å². The maximum absolute atomic E-state index is 11.5. The van der Waals surface area contributed by atoms with Gasteiger partial charge in [-0.3, -0.25) is 14.9 Å². The summed E-state index contributed by atoms with van der Waals surface area (Å²) < 4.78 is 5.18. The van der Waals surface area contributed by atoms with Gasteiger partial charge in [0.25, 0.3) is 5.69 Å². The zero-order chi connectivity index (χ0) is 18.8. The molecule has 26 heavy (non-hydrogen) atoms. The third kappa shape index (κ3) is 3.39. The van der Waals surface area contributed by atoms with Crippen molar-refractivity contribution in [1.29, 1.82) is 0 Å². The first kappa shape index (κ1) is 17.2. The maximum Gasteiger partial charge on any atom is 0.336 e. The molecule has 0 bridgehead atoms. The first-order chi connectivity index (χ1) is 12.3. The molecule has 0 fully saturated rings. The third-order valence-corrected chi connectivity index (χ3v) is 4.00. The molecule has 1 heterocycles. The van der Waals surface area contributed by atoms with Gasteiger partial charge in [-0.05, 0) is 36.8 Å². The SMILES string of the molecule is Cc1cc(=O)oc2cc(NCc3ccc(C(N)=O)cc3[N+](=O)[O-])ccc12. The largest absolute Gasteiger partial charge is 0.423 e. The van der Waals surface area contributed by atoms with Gasteiger partial charge < -0.3 is 15.5 Å². The molecular weight excluding hydrogens is 338 g/mol. The topological polar surface area (TPSA) is 128 Å². The Morgan fingerprint density at radius 3 is 2.69 bits per heavy atom. The zero-order valence-electron chi connectivity index (χ0n) is 13.8. The molecule has 3 N–H and O–H groups in total. The number of rotatable bonds is 5. The van der Waals surface area contributed by atoms with Gasteiger partial charge in [-0.15, -0.1) is 0 Å². The van der Waals surface area contributed by atoms with E-state index in [1.165, 1.54) is 18.2 Å². The number of aryl methyl sites for hydroxylation is 1. The van der Waals surface area contributed by atoms with Crippen LogP contribution in [0.15, 0.2) is 51.7 Å². The number of anilines is 1. The second-order valence-electron chi connectivity index (χ2n) is 5.78. The Kier molecular flexibility index (Phi) is 4.40. The number of nitrogens with one attached hydrogen (secondary N) is 1. The molecule has 0 radical (unpaired) electrons. The fraction of sp³-hybridized carbons (Fsp3) is 0.111. The second kappa shape index (κ2) is 6.67. The Labute approximate surface area is 147 Å². The van der Waals surface area contributed by atoms with Gasteiger partial charge in [0.2, 0.25) is 5.91 Å². The van der Waals surface area contributed by atoms with Crippen LogP contribution in [0.5, 0.6) is 0 Å². The highest BCUT2D eigenvalue weighted by molar-refractivity contribution is 5.93. The number of primary amides is 1. The van der Waals surface area contributed by atoms with Crippen molar-refractivity contribution in [3.05, 3.63) is 79.7 Å². The molecule has 0 atom stereocenters. The van der Waals surface area contributed by atoms with Gasteiger partial charge in [0.05, 0.1) is 4.92 Å². The number of benzene rings is 2. The van der Waals surface area contributed by atoms with Crippen molar-refractivity contribution in [3.8, 4) is 0 Å². The molecule has 8 nitrogen and oxygen atoms in total. The number of hydrogen-bond donors (Lipinski definition) is 2. The summed E-state index contributed by atoms with van der Waals surface area (Å²) in [5.41, 5.74) is 6.87. The van der Waals surface area contributed by atoms with Crippen molar-refractivity contribution in [2.75, 3.05) is 5.32 Å². The van der Waals surface area contributed by atoms with E-state index in [1.54, 1.807) is 18.2 Å². The highest BCUT2D eigenvalue weighted by Crippen LogP contribution is 2.24. The molecule has 3 aromatic rings. The summed E-state index contributed by atoms with van der Waals surface area (Å²) in [6.07, 6.45) is 0. The maximum atomic E-state index is 11.5. The lowest BCUT2D eigenvalue weighted by Crippen LogP contribution is -2.12. The van der Waals surface area contributed by atoms with E-state index in [-0.39, 0.29) is 17.8 Å². The standard InChI is InChI=1S/C18H15N3O5/c1-10-6-17(22)26-16-8-13(4-5-14(10)16)20-9-12-3-2-11(18(19)23)7-15(12)21(24)25/h2-8,20H,9H2,1H3,(H2,19,23). The molecule has 1 amide bonds. The van der Waals surface area contributed by atoms with Crippen LogP contribution < -0.4 is 16.7 Å². The van der Waals surface area contributed by atoms with Crippen LogP contribution in [0.2, 0.25) is 0 Å². The molecule has 0 aliphatic heterocycles. The van der Waals surface area contributed by atoms with E-state index in [2.05, 4.69) is 5.32 Å². The number of nitro benzene ring substituents is 1. The number of amides is 1. The van der Waals surface area contributed by atoms with Crippen LogP contribution in [0.1, 0.15) is 21.5 Å². The predicted molar refractivity (Wildman–Crippen MR) is 96.2 cm³/mol. The normalized spacial score (nSPS) is 10.7. The van der Waals surface area contributed by atoms with E-state index in [0.717, 1.165) is 17.0 Å². The minimum absolute atomic E-state index is 0.0726. The average Bonchev–Trinajstić information content (AvgIpc) is 2.59. The minimum Gasteiger partial charge on any atom is -0.423 e. The Morgan fingerprint density at radius 1 is 1.23 bits per heavy atom. The smallest absolute Gasteiger partial charge is 0.336 e. The number of hydrogen-bond acceptors (Lipinski definition) is 6. The summed E-state index contributed by atoms with van der Waals surface area (Å²) in [6, 6.07) is 10.7. The first-order valence-corrected chi connectivity index (χ1v) is 7.70. The van der Waals surface area contributed by atoms with Crippen LogP contribution in [0.3, 0.4) is 0 Å². The van der Waals surface area contributed by atoms with Gasteiger partial charge in [-0.1, -0.05) is 0 Å². The van der Waals surface area contributed by atoms with Gasteiger partial charge in [0.15, 0.2) is 0 Å². The summed E-state index contributed by atoms with van der Waals surface area (Å²) in [6.45, 7) is 1.97. The van der Waals surface area contributed by atoms with E-state index in [1.807, 2.05) is 6.92 Å². The summed E-state index contributed by atoms with van der Waals surface area (Å²) in [7, 11) is 0. The van der Waals surface area contributed by atoms with E-state index in [9.17, 15) is 19.7 Å². The van der Waals surface area contributed by atoms with Gasteiger partial charge in [-0.25, -0.2) is 4.79 Å². The second-order valence-corrected chi connectivity index (χ2v) is 5.78. The monoisotopic (exact) mass is 353 g/mol. The molecule has 0 saturated heterocycles. The van der Waals surface area contributed by atoms with E-state index in [4.69, 9.17) is 10.2 Å². The highest BCUT2D eigenvalue weighted by Gasteiger charge is 2.16. The molecule has 0 saturated carbocycles. The van der Waals surface area contributed by atoms with Gasteiger partial charge in [-0.2, -0.15) is 0 Å². The van der Waals surface area contributed by atoms with Crippen LogP contribution in [-0.4, -0.2) is 10.8 Å². The van der Waals surface area contributed by atoms with Crippen molar-refractivity contribution in [3.63, 3.8) is 0 Å². The summed E-state index contributed by atoms with van der Waals surface area (Å²) in [5, 5.41) is 15.1. The van der Waals surface area contributed by atoms with Gasteiger partial charge in [0.1, 0.15) is 5.58 Å². The number of nitro groups is 1. The molecule has 0 unspecified atom stereocenters. The average molecular weight is 353 g/mol. The lowest BCUT2D eigenvalue weighted by Gasteiger charge is -2.09. The quantitative estimate of drug-likeness (QED) is 0.412. The Morgan fingerprint density at radius 2 is 2.00 bits per heavy atom. The molecule has 8 heteroatoms. The lowest BCUT2D eigenvalue weighted by molar-refractivity contribution is -0.385. The summed E-state index contributed by atoms with van der Waals surface area (Å²) in [4.78, 5) is 33.4. The van der Waals surface area contributed by atoms with Gasteiger partial charge in [0, 0.05) is 46.9 Å². The molecule has 132 valence electrons. The van der Waals surface area contributed by atoms with Gasteiger partial charge >= 0.3 is 5.63 Å². The Hall–Kier alpha value is -3.68. The first-order valence-electron chi connectivity index (χ1n) is 7.70. The molecule has 0 spiro atoms. The summed E-state index contributed by atoms with van der Waals surface area (Å²) in [5.74, 6) is -0.729. The van der Waals surface area contributed by atoms with Crippen LogP contribution >= 0.6 is 0 Å². The predicted octanol–water partition coefficient (Wildman–Crippen LogP) is 2.72. The van der Waals surface area contributed by atoms with Crippen LogP contribution in [-0.2, 0) is 6.54 Å². The lowest BCUT2D eigenvalue weighted by atomic mass is 10.1. The molecule has 3 rings (SSSR count). The number of nitrogens with zero attached hydrogens (tertiary/aromatic N) is 1. The molecule has 2 aromatic carbocycles. The summed E-state index contributed by atoms with van der Waals surface area (Å²) >= 11 is 0. The van der Waals surface area contributed by atoms with Crippen molar-refractivity contribution < 1.29 is 14.1 Å². The number of nitrogens with two attached hydrogens (primary N) is 1. The Bertz CT molecular complexity index is 1090. The Balaban J connectivity index is 1.89. The van der Waals surface area contributed by atoms with E-state index in [0.29, 0.717) is 16.8 Å². The third-order valence-electron chi connectivity index (χ3n) is 4.00. The fourth-order valence-electron chi connectivity index (χ4n) is 2.67. The molecule has 1 aromatic heterocycles. The fourth-order valence-corrected chi connectivity index (χ4v) is 2.67.